The van der Waals surface area contributed by atoms with E-state index < -0.39 is 0 Å². The smallest absolute Gasteiger partial charge is 0 e. The predicted molar refractivity (Wildman–Crippen MR) is 53.0 cm³/mol. The van der Waals surface area contributed by atoms with Crippen molar-refractivity contribution in [3.63, 3.8) is 0 Å². The van der Waals surface area contributed by atoms with E-state index in [4.69, 9.17) is 5.73 Å². The number of allylic oxidation sites excluding steroid dienone is 2. The topological polar surface area (TPSA) is 26.0 Å². The zero-order chi connectivity index (χ0) is 8.95. The van der Waals surface area contributed by atoms with Crippen molar-refractivity contribution >= 4 is 0 Å². The fraction of sp³-hybridized carbons (Fsp3) is 0.600. The zero-order valence-corrected chi connectivity index (χ0v) is 7.34. The molecule has 1 aliphatic rings. The summed E-state index contributed by atoms with van der Waals surface area (Å²) in [5, 5.41) is 0. The lowest BCUT2D eigenvalue weighted by molar-refractivity contribution is 0.718. The molecule has 0 aromatic rings. The van der Waals surface area contributed by atoms with Crippen LogP contribution in [0.25, 0.3) is 0 Å². The molecular weight excluding hydrogens is 134 g/mol. The van der Waals surface area contributed by atoms with E-state index in [2.05, 4.69) is 25.0 Å². The Hall–Kier alpha value is -0.740. The van der Waals surface area contributed by atoms with Crippen LogP contribution in [-0.4, -0.2) is 6.54 Å². The van der Waals surface area contributed by atoms with Gasteiger partial charge in [0.15, 0.2) is 0 Å². The largest absolute Gasteiger partial charge is 0.331 e. The van der Waals surface area contributed by atoms with Crippen LogP contribution in [0.5, 0.6) is 0 Å². The van der Waals surface area contributed by atoms with Crippen molar-refractivity contribution in [2.75, 3.05) is 6.54 Å². The lowest BCUT2D eigenvalue weighted by Gasteiger charge is -1.96. The van der Waals surface area contributed by atoms with Gasteiger partial charge in [-0.15, -0.1) is 12.8 Å². The predicted octanol–water partition coefficient (Wildman–Crippen LogP) is 2.38. The van der Waals surface area contributed by atoms with Crippen molar-refractivity contribution in [3.05, 3.63) is 12.2 Å². The Balaban J connectivity index is -0.000000119. The molecule has 0 heterocycles. The van der Waals surface area contributed by atoms with E-state index >= 15 is 0 Å². The van der Waals surface area contributed by atoms with Gasteiger partial charge in [-0.1, -0.05) is 13.0 Å². The third-order valence-corrected chi connectivity index (χ3v) is 1.06. The summed E-state index contributed by atoms with van der Waals surface area (Å²) in [6.45, 7) is 2.65. The second kappa shape index (κ2) is 16.1. The van der Waals surface area contributed by atoms with Gasteiger partial charge in [-0.05, 0) is 38.3 Å². The molecule has 0 amide bonds. The normalized spacial score (nSPS) is 13.5. The van der Waals surface area contributed by atoms with Crippen molar-refractivity contribution < 1.29 is 1.43 Å². The molecule has 0 atom stereocenters. The summed E-state index contributed by atoms with van der Waals surface area (Å²) in [6, 6.07) is 0. The minimum absolute atomic E-state index is 0. The molecule has 1 heteroatoms. The minimum Gasteiger partial charge on any atom is -0.331 e. The Morgan fingerprint density at radius 1 is 1.55 bits per heavy atom. The molecule has 0 aliphatic heterocycles. The SMILES string of the molecule is C#C.CCN.[C]1=CCCCC1.[HH]. The zero-order valence-electron chi connectivity index (χ0n) is 7.34. The van der Waals surface area contributed by atoms with Crippen LogP contribution in [-0.2, 0) is 0 Å². The maximum absolute atomic E-state index is 4.85. The first-order chi connectivity index (χ1) is 5.41. The highest BCUT2D eigenvalue weighted by Crippen LogP contribution is 2.06. The van der Waals surface area contributed by atoms with Crippen LogP contribution in [0.3, 0.4) is 0 Å². The molecule has 0 fully saturated rings. The van der Waals surface area contributed by atoms with Crippen molar-refractivity contribution in [1.29, 1.82) is 0 Å². The van der Waals surface area contributed by atoms with E-state index in [-0.39, 0.29) is 1.43 Å². The minimum atomic E-state index is 0. The van der Waals surface area contributed by atoms with Crippen LogP contribution in [0.2, 0.25) is 0 Å². The van der Waals surface area contributed by atoms with Crippen molar-refractivity contribution in [2.45, 2.75) is 32.6 Å². The van der Waals surface area contributed by atoms with Gasteiger partial charge >= 0.3 is 0 Å². The van der Waals surface area contributed by atoms with Crippen molar-refractivity contribution in [2.24, 2.45) is 5.73 Å². The molecule has 0 aromatic carbocycles. The molecule has 1 nitrogen and oxygen atoms in total. The average molecular weight is 154 g/mol. The summed E-state index contributed by atoms with van der Waals surface area (Å²) in [7, 11) is 0. The monoisotopic (exact) mass is 154 g/mol. The molecule has 2 N–H and O–H groups in total. The Bertz CT molecular complexity index is 89.3. The van der Waals surface area contributed by atoms with Gasteiger partial charge in [-0.25, -0.2) is 0 Å². The summed E-state index contributed by atoms with van der Waals surface area (Å²) < 4.78 is 0. The Morgan fingerprint density at radius 2 is 2.09 bits per heavy atom. The summed E-state index contributed by atoms with van der Waals surface area (Å²) in [5.74, 6) is 0. The fourth-order valence-electron chi connectivity index (χ4n) is 0.678. The molecule has 1 aliphatic carbocycles. The van der Waals surface area contributed by atoms with Gasteiger partial charge in [-0.3, -0.25) is 0 Å². The van der Waals surface area contributed by atoms with Gasteiger partial charge in [0.1, 0.15) is 0 Å². The van der Waals surface area contributed by atoms with E-state index in [1.54, 1.807) is 0 Å². The van der Waals surface area contributed by atoms with E-state index in [0.29, 0.717) is 0 Å². The van der Waals surface area contributed by atoms with Gasteiger partial charge in [-0.2, -0.15) is 0 Å². The molecule has 0 bridgehead atoms. The van der Waals surface area contributed by atoms with Crippen LogP contribution in [0, 0.1) is 18.9 Å². The molecule has 0 spiro atoms. The fourth-order valence-corrected chi connectivity index (χ4v) is 0.678. The summed E-state index contributed by atoms with van der Waals surface area (Å²) in [6.07, 6.45) is 18.5. The molecule has 0 aromatic heterocycles. The first-order valence-electron chi connectivity index (χ1n) is 4.00. The van der Waals surface area contributed by atoms with Gasteiger partial charge in [0, 0.05) is 1.43 Å². The second-order valence-corrected chi connectivity index (χ2v) is 2.06. The highest BCUT2D eigenvalue weighted by Gasteiger charge is 1.87. The average Bonchev–Trinajstić information content (AvgIpc) is 2.12. The highest BCUT2D eigenvalue weighted by atomic mass is 14.5. The first-order valence-corrected chi connectivity index (χ1v) is 4.00. The van der Waals surface area contributed by atoms with E-state index in [0.717, 1.165) is 6.54 Å². The second-order valence-electron chi connectivity index (χ2n) is 2.06. The molecule has 0 unspecified atom stereocenters. The number of terminal acetylenes is 1. The standard InChI is InChI=1S/C6H9.C2H7N.C2H2.H2/c1-2-4-6-5-3-1;1-2-3;1-2;/h1H,2,4-6H2;2-3H2,1H3;1-2H;1H. The van der Waals surface area contributed by atoms with E-state index in [1.165, 1.54) is 25.7 Å². The Morgan fingerprint density at radius 3 is 2.18 bits per heavy atom. The lowest BCUT2D eigenvalue weighted by Crippen LogP contribution is -1.87. The summed E-state index contributed by atoms with van der Waals surface area (Å²) in [5.41, 5.74) is 4.85. The number of nitrogens with two attached hydrogens (primary N) is 1. The molecule has 1 radical (unpaired) electrons. The summed E-state index contributed by atoms with van der Waals surface area (Å²) in [4.78, 5) is 0. The van der Waals surface area contributed by atoms with Crippen molar-refractivity contribution in [1.82, 2.24) is 0 Å². The Kier molecular flexibility index (Phi) is 18.9. The van der Waals surface area contributed by atoms with Gasteiger partial charge in [0.25, 0.3) is 0 Å². The molecule has 0 saturated carbocycles. The molecule has 1 rings (SSSR count). The quantitative estimate of drug-likeness (QED) is 0.533. The van der Waals surface area contributed by atoms with Gasteiger partial charge in [0.05, 0.1) is 0 Å². The first kappa shape index (κ1) is 12.9. The van der Waals surface area contributed by atoms with Crippen molar-refractivity contribution in [3.8, 4) is 12.8 Å². The number of hydrogen-bond acceptors (Lipinski definition) is 1. The van der Waals surface area contributed by atoms with Crippen LogP contribution in [0.15, 0.2) is 6.08 Å². The van der Waals surface area contributed by atoms with E-state index in [9.17, 15) is 0 Å². The van der Waals surface area contributed by atoms with E-state index in [1.807, 2.05) is 6.92 Å². The lowest BCUT2D eigenvalue weighted by atomic mass is 10.1. The number of hydrogen-bond donors (Lipinski definition) is 1. The van der Waals surface area contributed by atoms with Crippen LogP contribution in [0.4, 0.5) is 0 Å². The molecule has 0 saturated heterocycles. The molecular formula is C10H20N. The maximum Gasteiger partial charge on any atom is 0 e. The third kappa shape index (κ3) is 17.6. The molecule has 11 heavy (non-hydrogen) atoms. The highest BCUT2D eigenvalue weighted by molar-refractivity contribution is 4.77. The van der Waals surface area contributed by atoms with Gasteiger partial charge < -0.3 is 5.73 Å². The van der Waals surface area contributed by atoms with Crippen LogP contribution in [0.1, 0.15) is 34.0 Å². The Labute approximate surface area is 72.2 Å². The van der Waals surface area contributed by atoms with Crippen LogP contribution < -0.4 is 5.73 Å². The maximum atomic E-state index is 4.85. The summed E-state index contributed by atoms with van der Waals surface area (Å²) >= 11 is 0. The number of rotatable bonds is 0. The third-order valence-electron chi connectivity index (χ3n) is 1.06. The molecule has 65 valence electrons. The van der Waals surface area contributed by atoms with Gasteiger partial charge in [0.2, 0.25) is 0 Å². The van der Waals surface area contributed by atoms with Crippen LogP contribution >= 0.6 is 0 Å².